The van der Waals surface area contributed by atoms with Gasteiger partial charge in [-0.2, -0.15) is 13.2 Å². The minimum absolute atomic E-state index is 0.0571. The molecule has 0 fully saturated rings. The van der Waals surface area contributed by atoms with Crippen molar-refractivity contribution in [1.29, 1.82) is 0 Å². The van der Waals surface area contributed by atoms with Crippen molar-refractivity contribution in [3.63, 3.8) is 0 Å². The summed E-state index contributed by atoms with van der Waals surface area (Å²) in [6.45, 7) is -0.559. The molecule has 0 bridgehead atoms. The molecule has 0 aromatic carbocycles. The Hall–Kier alpha value is -0.200. The van der Waals surface area contributed by atoms with E-state index >= 15 is 0 Å². The van der Waals surface area contributed by atoms with Gasteiger partial charge < -0.3 is 10.1 Å². The predicted octanol–water partition coefficient (Wildman–Crippen LogP) is 1.92. The summed E-state index contributed by atoms with van der Waals surface area (Å²) in [6.07, 6.45) is -4.44. The molecule has 0 aliphatic heterocycles. The lowest BCUT2D eigenvalue weighted by molar-refractivity contribution is -0.175. The van der Waals surface area contributed by atoms with Crippen molar-refractivity contribution >= 4 is 29.1 Å². The average Bonchev–Trinajstić information content (AvgIpc) is 2.15. The maximum Gasteiger partial charge on any atom is 0.411 e. The summed E-state index contributed by atoms with van der Waals surface area (Å²) in [7, 11) is 0. The Kier molecular flexibility index (Phi) is 6.43. The molecule has 3 nitrogen and oxygen atoms in total. The number of rotatable bonds is 6. The van der Waals surface area contributed by atoms with E-state index in [1.54, 1.807) is 6.92 Å². The quantitative estimate of drug-likeness (QED) is 0.756. The Balaban J connectivity index is 3.91. The second kappa shape index (κ2) is 6.51. The second-order valence-corrected chi connectivity index (χ2v) is 4.02. The summed E-state index contributed by atoms with van der Waals surface area (Å²) in [6, 6.07) is 0. The van der Waals surface area contributed by atoms with Crippen molar-refractivity contribution in [2.45, 2.75) is 18.6 Å². The van der Waals surface area contributed by atoms with Crippen molar-refractivity contribution in [3.8, 4) is 0 Å². The number of carbonyl (C=O) groups is 1. The number of amides is 1. The molecule has 1 amide bonds. The van der Waals surface area contributed by atoms with Crippen LogP contribution in [0.1, 0.15) is 6.92 Å². The fourth-order valence-corrected chi connectivity index (χ4v) is 1.15. The zero-order chi connectivity index (χ0) is 12.8. The molecule has 0 atom stereocenters. The van der Waals surface area contributed by atoms with Gasteiger partial charge in [0.1, 0.15) is 13.2 Å². The van der Waals surface area contributed by atoms with Crippen molar-refractivity contribution < 1.29 is 22.7 Å². The van der Waals surface area contributed by atoms with Gasteiger partial charge >= 0.3 is 6.18 Å². The van der Waals surface area contributed by atoms with Crippen LogP contribution in [0.5, 0.6) is 0 Å². The normalized spacial score (nSPS) is 12.6. The summed E-state index contributed by atoms with van der Waals surface area (Å²) in [4.78, 5) is 11.1. The molecule has 0 aromatic rings. The van der Waals surface area contributed by atoms with Crippen LogP contribution in [0, 0.1) is 0 Å². The molecule has 0 unspecified atom stereocenters. The summed E-state index contributed by atoms with van der Waals surface area (Å²) in [5, 5.41) is 2.38. The molecule has 16 heavy (non-hydrogen) atoms. The minimum Gasteiger partial charge on any atom is -0.362 e. The highest BCUT2D eigenvalue weighted by molar-refractivity contribution is 6.22. The van der Waals surface area contributed by atoms with Crippen LogP contribution in [-0.2, 0) is 9.53 Å². The number of halogens is 5. The third kappa shape index (κ3) is 7.14. The van der Waals surface area contributed by atoms with Crippen LogP contribution in [0.2, 0.25) is 0 Å². The van der Waals surface area contributed by atoms with E-state index in [-0.39, 0.29) is 11.8 Å². The minimum atomic E-state index is -4.44. The standard InChI is InChI=1S/C8H12Cl2F3NO2/c1-7(3-9,4-10)14-6(15)2-16-5-8(11,12)13/h2-5H2,1H3,(H,14,15). The van der Waals surface area contributed by atoms with Crippen molar-refractivity contribution in [2.75, 3.05) is 25.0 Å². The molecule has 0 saturated carbocycles. The van der Waals surface area contributed by atoms with Gasteiger partial charge in [-0.25, -0.2) is 0 Å². The van der Waals surface area contributed by atoms with Gasteiger partial charge in [-0.3, -0.25) is 4.79 Å². The lowest BCUT2D eigenvalue weighted by Crippen LogP contribution is -2.50. The van der Waals surface area contributed by atoms with Crippen LogP contribution in [0.4, 0.5) is 13.2 Å². The predicted molar refractivity (Wildman–Crippen MR) is 54.9 cm³/mol. The molecule has 1 N–H and O–H groups in total. The Morgan fingerprint density at radius 2 is 1.81 bits per heavy atom. The zero-order valence-corrected chi connectivity index (χ0v) is 10.0. The molecule has 0 heterocycles. The average molecular weight is 282 g/mol. The monoisotopic (exact) mass is 281 g/mol. The van der Waals surface area contributed by atoms with Gasteiger partial charge in [0.25, 0.3) is 0 Å². The molecule has 0 rings (SSSR count). The highest BCUT2D eigenvalue weighted by atomic mass is 35.5. The maximum absolute atomic E-state index is 11.7. The first-order valence-corrected chi connectivity index (χ1v) is 5.37. The van der Waals surface area contributed by atoms with E-state index in [0.29, 0.717) is 0 Å². The maximum atomic E-state index is 11.7. The Morgan fingerprint density at radius 3 is 2.19 bits per heavy atom. The fraction of sp³-hybridized carbons (Fsp3) is 0.875. The van der Waals surface area contributed by atoms with E-state index in [2.05, 4.69) is 10.1 Å². The summed E-state index contributed by atoms with van der Waals surface area (Å²) >= 11 is 11.1. The molecule has 0 aliphatic rings. The summed E-state index contributed by atoms with van der Waals surface area (Å²) in [5.41, 5.74) is -0.845. The second-order valence-electron chi connectivity index (χ2n) is 3.48. The molecular formula is C8H12Cl2F3NO2. The van der Waals surface area contributed by atoms with Crippen LogP contribution in [-0.4, -0.2) is 42.6 Å². The first-order valence-electron chi connectivity index (χ1n) is 4.30. The lowest BCUT2D eigenvalue weighted by atomic mass is 10.1. The highest BCUT2D eigenvalue weighted by Gasteiger charge is 2.29. The Labute approximate surface area is 101 Å². The summed E-state index contributed by atoms with van der Waals surface area (Å²) < 4.78 is 39.2. The van der Waals surface area contributed by atoms with Crippen molar-refractivity contribution in [1.82, 2.24) is 5.32 Å². The number of carbonyl (C=O) groups excluding carboxylic acids is 1. The molecule has 0 radical (unpaired) electrons. The number of nitrogens with one attached hydrogen (secondary N) is 1. The molecule has 0 aromatic heterocycles. The van der Waals surface area contributed by atoms with Gasteiger partial charge in [0, 0.05) is 11.8 Å². The third-order valence-electron chi connectivity index (χ3n) is 1.53. The van der Waals surface area contributed by atoms with Gasteiger partial charge in [-0.1, -0.05) is 0 Å². The third-order valence-corrected chi connectivity index (χ3v) is 2.71. The van der Waals surface area contributed by atoms with Crippen LogP contribution >= 0.6 is 23.2 Å². The van der Waals surface area contributed by atoms with Gasteiger partial charge in [0.05, 0.1) is 5.54 Å². The molecule has 0 saturated heterocycles. The van der Waals surface area contributed by atoms with Gasteiger partial charge in [0.15, 0.2) is 0 Å². The number of hydrogen-bond donors (Lipinski definition) is 1. The number of ether oxygens (including phenoxy) is 1. The number of alkyl halides is 5. The van der Waals surface area contributed by atoms with E-state index in [0.717, 1.165) is 0 Å². The molecule has 0 spiro atoms. The topological polar surface area (TPSA) is 38.3 Å². The zero-order valence-electron chi connectivity index (χ0n) is 8.53. The van der Waals surface area contributed by atoms with E-state index in [1.807, 2.05) is 0 Å². The lowest BCUT2D eigenvalue weighted by Gasteiger charge is -2.25. The van der Waals surface area contributed by atoms with Crippen LogP contribution < -0.4 is 5.32 Å². The van der Waals surface area contributed by atoms with Crippen molar-refractivity contribution in [3.05, 3.63) is 0 Å². The fourth-order valence-electron chi connectivity index (χ4n) is 0.735. The highest BCUT2D eigenvalue weighted by Crippen LogP contribution is 2.14. The van der Waals surface area contributed by atoms with Crippen LogP contribution in [0.25, 0.3) is 0 Å². The molecular weight excluding hydrogens is 270 g/mol. The van der Waals surface area contributed by atoms with Gasteiger partial charge in [-0.15, -0.1) is 23.2 Å². The molecule has 0 aliphatic carbocycles. The van der Waals surface area contributed by atoms with Crippen molar-refractivity contribution in [2.24, 2.45) is 0 Å². The van der Waals surface area contributed by atoms with E-state index in [1.165, 1.54) is 0 Å². The van der Waals surface area contributed by atoms with Gasteiger partial charge in [-0.05, 0) is 6.92 Å². The van der Waals surface area contributed by atoms with E-state index < -0.39 is 30.8 Å². The first-order chi connectivity index (χ1) is 7.22. The SMILES string of the molecule is CC(CCl)(CCl)NC(=O)COCC(F)(F)F. The van der Waals surface area contributed by atoms with E-state index in [9.17, 15) is 18.0 Å². The molecule has 8 heteroatoms. The van der Waals surface area contributed by atoms with Crippen LogP contribution in [0.3, 0.4) is 0 Å². The van der Waals surface area contributed by atoms with Gasteiger partial charge in [0.2, 0.25) is 5.91 Å². The first kappa shape index (κ1) is 15.8. The summed E-state index contributed by atoms with van der Waals surface area (Å²) in [5.74, 6) is -0.573. The Bertz CT molecular complexity index is 232. The Morgan fingerprint density at radius 1 is 1.31 bits per heavy atom. The number of hydrogen-bond acceptors (Lipinski definition) is 2. The molecule has 96 valence electrons. The smallest absolute Gasteiger partial charge is 0.362 e. The largest absolute Gasteiger partial charge is 0.411 e. The van der Waals surface area contributed by atoms with E-state index in [4.69, 9.17) is 23.2 Å². The van der Waals surface area contributed by atoms with Crippen LogP contribution in [0.15, 0.2) is 0 Å².